The number of anilines is 1. The predicted molar refractivity (Wildman–Crippen MR) is 140 cm³/mol. The molecule has 5 aromatic rings. The fourth-order valence-electron chi connectivity index (χ4n) is 5.51. The van der Waals surface area contributed by atoms with Crippen molar-refractivity contribution >= 4 is 22.5 Å². The van der Waals surface area contributed by atoms with Crippen molar-refractivity contribution in [2.24, 2.45) is 0 Å². The van der Waals surface area contributed by atoms with Gasteiger partial charge in [0.25, 0.3) is 5.91 Å². The van der Waals surface area contributed by atoms with Crippen LogP contribution in [0.3, 0.4) is 0 Å². The summed E-state index contributed by atoms with van der Waals surface area (Å²) in [6.45, 7) is 0.345. The summed E-state index contributed by atoms with van der Waals surface area (Å²) in [5, 5.41) is 4.82. The average molecular weight is 506 g/mol. The fourth-order valence-corrected chi connectivity index (χ4v) is 5.51. The summed E-state index contributed by atoms with van der Waals surface area (Å²) >= 11 is 0. The molecule has 4 aromatic carbocycles. The number of carbonyl (C=O) groups is 1. The molecule has 3 N–H and O–H groups in total. The maximum absolute atomic E-state index is 14.4. The Morgan fingerprint density at radius 2 is 1.66 bits per heavy atom. The molecule has 2 atom stereocenters. The Balaban J connectivity index is 1.14. The number of nitrogens with two attached hydrogens (primary N) is 1. The van der Waals surface area contributed by atoms with Crippen LogP contribution in [-0.2, 0) is 11.3 Å². The smallest absolute Gasteiger partial charge is 0.251 e. The van der Waals surface area contributed by atoms with Crippen LogP contribution in [0.1, 0.15) is 50.4 Å². The average Bonchev–Trinajstić information content (AvgIpc) is 3.49. The normalized spacial score (nSPS) is 16.9. The first kappa shape index (κ1) is 22.6. The van der Waals surface area contributed by atoms with E-state index in [9.17, 15) is 13.6 Å². The van der Waals surface area contributed by atoms with Gasteiger partial charge in [-0.1, -0.05) is 30.3 Å². The number of hydrogen-bond donors (Lipinski definition) is 2. The molecule has 2 unspecified atom stereocenters. The molecule has 1 aromatic heterocycles. The van der Waals surface area contributed by atoms with Gasteiger partial charge in [-0.05, 0) is 81.2 Å². The van der Waals surface area contributed by atoms with Gasteiger partial charge in [0.05, 0.1) is 0 Å². The number of amides is 1. The van der Waals surface area contributed by atoms with Crippen LogP contribution in [0.25, 0.3) is 21.9 Å². The summed E-state index contributed by atoms with van der Waals surface area (Å²) in [4.78, 5) is 17.2. The molecule has 3 heterocycles. The maximum atomic E-state index is 14.4. The Morgan fingerprint density at radius 1 is 0.868 bits per heavy atom. The van der Waals surface area contributed by atoms with Crippen LogP contribution >= 0.6 is 0 Å². The number of ether oxygens (including phenoxy) is 1. The fraction of sp³-hybridized carbons (Fsp3) is 0.0968. The molecule has 0 saturated heterocycles. The number of nitrogens with zero attached hydrogens (tertiary/aromatic N) is 1. The van der Waals surface area contributed by atoms with Gasteiger partial charge in [-0.15, -0.1) is 0 Å². The van der Waals surface area contributed by atoms with Gasteiger partial charge in [0.1, 0.15) is 29.7 Å². The van der Waals surface area contributed by atoms with E-state index in [1.54, 1.807) is 6.20 Å². The molecular weight excluding hydrogens is 484 g/mol. The monoisotopic (exact) mass is 505 g/mol. The molecule has 5 nitrogen and oxygen atoms in total. The van der Waals surface area contributed by atoms with Crippen molar-refractivity contribution in [3.63, 3.8) is 0 Å². The lowest BCUT2D eigenvalue weighted by Crippen LogP contribution is -2.23. The van der Waals surface area contributed by atoms with Crippen molar-refractivity contribution in [3.05, 3.63) is 130 Å². The van der Waals surface area contributed by atoms with Gasteiger partial charge in [-0.2, -0.15) is 0 Å². The van der Waals surface area contributed by atoms with Crippen LogP contribution in [0.5, 0.6) is 0 Å². The highest BCUT2D eigenvalue weighted by molar-refractivity contribution is 5.95. The third-order valence-corrected chi connectivity index (χ3v) is 7.39. The minimum Gasteiger partial charge on any atom is -0.383 e. The summed E-state index contributed by atoms with van der Waals surface area (Å²) in [5.74, 6) is -0.970. The topological polar surface area (TPSA) is 77.2 Å². The highest BCUT2D eigenvalue weighted by Crippen LogP contribution is 2.54. The molecule has 0 radical (unpaired) electrons. The lowest BCUT2D eigenvalue weighted by atomic mass is 9.83. The van der Waals surface area contributed by atoms with E-state index in [0.717, 1.165) is 44.7 Å². The van der Waals surface area contributed by atoms with Crippen molar-refractivity contribution in [1.29, 1.82) is 0 Å². The molecule has 0 saturated carbocycles. The Kier molecular flexibility index (Phi) is 5.03. The zero-order valence-electron chi connectivity index (χ0n) is 20.0. The first-order valence-corrected chi connectivity index (χ1v) is 12.3. The Labute approximate surface area is 216 Å². The van der Waals surface area contributed by atoms with Gasteiger partial charge in [0.15, 0.2) is 0 Å². The van der Waals surface area contributed by atoms with Crippen molar-refractivity contribution in [2.75, 3.05) is 5.73 Å². The van der Waals surface area contributed by atoms with Gasteiger partial charge in [-0.3, -0.25) is 4.79 Å². The number of carbonyl (C=O) groups excluding carboxylic acids is 1. The van der Waals surface area contributed by atoms with E-state index in [0.29, 0.717) is 29.1 Å². The van der Waals surface area contributed by atoms with Crippen LogP contribution in [0.2, 0.25) is 0 Å². The number of rotatable bonds is 4. The maximum Gasteiger partial charge on any atom is 0.251 e. The first-order valence-electron chi connectivity index (χ1n) is 12.3. The number of benzene rings is 4. The van der Waals surface area contributed by atoms with Gasteiger partial charge in [0.2, 0.25) is 0 Å². The zero-order chi connectivity index (χ0) is 26.0. The number of pyridine rings is 1. The summed E-state index contributed by atoms with van der Waals surface area (Å²) in [5.41, 5.74) is 12.3. The number of nitrogens with one attached hydrogen (secondary N) is 1. The molecular formula is C31H21F2N3O2. The van der Waals surface area contributed by atoms with E-state index >= 15 is 0 Å². The number of fused-ring (bicyclic) bond motifs is 9. The third kappa shape index (κ3) is 3.55. The molecule has 0 spiro atoms. The van der Waals surface area contributed by atoms with E-state index in [2.05, 4.69) is 10.3 Å². The molecule has 7 heteroatoms. The lowest BCUT2D eigenvalue weighted by Gasteiger charge is -2.18. The molecule has 1 amide bonds. The number of halogens is 2. The SMILES string of the molecule is Nc1nccc2ccc(CNC(=O)c3ccc4c(c3)C3OC4c4ccc(-c5ccc(F)cc5F)cc43)cc12. The van der Waals surface area contributed by atoms with Crippen molar-refractivity contribution < 1.29 is 18.3 Å². The summed E-state index contributed by atoms with van der Waals surface area (Å²) in [6.07, 6.45) is 1.09. The van der Waals surface area contributed by atoms with E-state index in [4.69, 9.17) is 10.5 Å². The third-order valence-electron chi connectivity index (χ3n) is 7.39. The molecule has 186 valence electrons. The second-order valence-corrected chi connectivity index (χ2v) is 9.64. The minimum atomic E-state index is -0.615. The molecule has 0 fully saturated rings. The van der Waals surface area contributed by atoms with E-state index in [-0.39, 0.29) is 18.1 Å². The second-order valence-electron chi connectivity index (χ2n) is 9.64. The lowest BCUT2D eigenvalue weighted by molar-refractivity contribution is 0.0857. The van der Waals surface area contributed by atoms with Crippen molar-refractivity contribution in [1.82, 2.24) is 10.3 Å². The molecule has 38 heavy (non-hydrogen) atoms. The van der Waals surface area contributed by atoms with Gasteiger partial charge in [-0.25, -0.2) is 13.8 Å². The van der Waals surface area contributed by atoms with E-state index < -0.39 is 11.6 Å². The standard InChI is InChI=1S/C31H21F2N3O2/c32-20-5-8-21(27(33)14-20)18-3-6-22-25(12-18)29-26-13-19(4-7-23(26)28(22)38-29)31(37)36-15-16-1-2-17-9-10-35-30(34)24(17)11-16/h1-14,28-29H,15H2,(H2,34,35)(H,36,37). The first-order chi connectivity index (χ1) is 18.5. The van der Waals surface area contributed by atoms with Crippen LogP contribution in [0.15, 0.2) is 85.1 Å². The molecule has 2 aliphatic rings. The Morgan fingerprint density at radius 3 is 2.50 bits per heavy atom. The number of nitrogen functional groups attached to an aromatic ring is 1. The number of aromatic nitrogens is 1. The van der Waals surface area contributed by atoms with Gasteiger partial charge in [0, 0.05) is 35.3 Å². The van der Waals surface area contributed by atoms with Crippen LogP contribution in [0, 0.1) is 11.6 Å². The van der Waals surface area contributed by atoms with Crippen LogP contribution < -0.4 is 11.1 Å². The highest BCUT2D eigenvalue weighted by atomic mass is 19.1. The van der Waals surface area contributed by atoms with Crippen molar-refractivity contribution in [3.8, 4) is 11.1 Å². The number of hydrogen-bond acceptors (Lipinski definition) is 4. The summed E-state index contributed by atoms with van der Waals surface area (Å²) in [6, 6.07) is 22.6. The minimum absolute atomic E-state index is 0.197. The molecule has 7 rings (SSSR count). The van der Waals surface area contributed by atoms with Crippen LogP contribution in [0.4, 0.5) is 14.6 Å². The summed E-state index contributed by atoms with van der Waals surface area (Å²) in [7, 11) is 0. The molecule has 2 aliphatic heterocycles. The quantitative estimate of drug-likeness (QED) is 0.304. The van der Waals surface area contributed by atoms with Crippen LogP contribution in [-0.4, -0.2) is 10.9 Å². The highest BCUT2D eigenvalue weighted by Gasteiger charge is 2.43. The predicted octanol–water partition coefficient (Wildman–Crippen LogP) is 6.21. The summed E-state index contributed by atoms with van der Waals surface area (Å²) < 4.78 is 34.1. The largest absolute Gasteiger partial charge is 0.383 e. The molecule has 2 bridgehead atoms. The van der Waals surface area contributed by atoms with Crippen molar-refractivity contribution in [2.45, 2.75) is 18.8 Å². The molecule has 0 aliphatic carbocycles. The zero-order valence-corrected chi connectivity index (χ0v) is 20.0. The van der Waals surface area contributed by atoms with E-state index in [1.807, 2.05) is 60.7 Å². The van der Waals surface area contributed by atoms with Gasteiger partial charge < -0.3 is 15.8 Å². The second kappa shape index (κ2) is 8.46. The Bertz CT molecular complexity index is 1790. The Hall–Kier alpha value is -4.62. The van der Waals surface area contributed by atoms with E-state index in [1.165, 1.54) is 12.1 Å². The van der Waals surface area contributed by atoms with Gasteiger partial charge >= 0.3 is 0 Å².